The van der Waals surface area contributed by atoms with Crippen LogP contribution >= 0.6 is 0 Å². The molecule has 0 radical (unpaired) electrons. The zero-order valence-electron chi connectivity index (χ0n) is 10.9. The van der Waals surface area contributed by atoms with Gasteiger partial charge < -0.3 is 10.6 Å². The minimum atomic E-state index is -0.213. The van der Waals surface area contributed by atoms with Crippen LogP contribution in [0.15, 0.2) is 42.7 Å². The molecule has 1 heterocycles. The fourth-order valence-corrected chi connectivity index (χ4v) is 1.96. The van der Waals surface area contributed by atoms with Crippen molar-refractivity contribution in [1.29, 1.82) is 0 Å². The summed E-state index contributed by atoms with van der Waals surface area (Å²) in [5.41, 5.74) is 6.58. The van der Waals surface area contributed by atoms with E-state index in [-0.39, 0.29) is 5.82 Å². The third-order valence-electron chi connectivity index (χ3n) is 2.98. The van der Waals surface area contributed by atoms with Crippen molar-refractivity contribution in [2.24, 2.45) is 5.73 Å². The average Bonchev–Trinajstić information content (AvgIpc) is 2.93. The number of hydrogen-bond donors (Lipinski definition) is 1. The minimum Gasteiger partial charge on any atom is -0.370 e. The normalized spacial score (nSPS) is 10.6. The molecular formula is C14H19FN4. The first-order chi connectivity index (χ1) is 9.29. The summed E-state index contributed by atoms with van der Waals surface area (Å²) in [5.74, 6) is -0.213. The quantitative estimate of drug-likeness (QED) is 0.828. The molecule has 1 aromatic heterocycles. The highest BCUT2D eigenvalue weighted by atomic mass is 19.1. The van der Waals surface area contributed by atoms with E-state index in [0.29, 0.717) is 6.54 Å². The Bertz CT molecular complexity index is 467. The summed E-state index contributed by atoms with van der Waals surface area (Å²) >= 11 is 0. The van der Waals surface area contributed by atoms with E-state index in [0.717, 1.165) is 31.7 Å². The molecule has 0 aliphatic carbocycles. The molecule has 0 aliphatic rings. The van der Waals surface area contributed by atoms with Crippen molar-refractivity contribution in [2.75, 3.05) is 24.5 Å². The summed E-state index contributed by atoms with van der Waals surface area (Å²) in [4.78, 5) is 2.20. The first-order valence-corrected chi connectivity index (χ1v) is 6.47. The Balaban J connectivity index is 2.00. The number of anilines is 1. The van der Waals surface area contributed by atoms with Gasteiger partial charge in [-0.25, -0.2) is 4.39 Å². The van der Waals surface area contributed by atoms with Crippen molar-refractivity contribution in [3.05, 3.63) is 48.5 Å². The van der Waals surface area contributed by atoms with Crippen LogP contribution < -0.4 is 10.6 Å². The van der Waals surface area contributed by atoms with Crippen LogP contribution in [0.25, 0.3) is 0 Å². The highest BCUT2D eigenvalue weighted by molar-refractivity contribution is 5.46. The van der Waals surface area contributed by atoms with Crippen molar-refractivity contribution in [2.45, 2.75) is 13.0 Å². The van der Waals surface area contributed by atoms with Crippen molar-refractivity contribution >= 4 is 5.69 Å². The first-order valence-electron chi connectivity index (χ1n) is 6.47. The fraction of sp³-hybridized carbons (Fsp3) is 0.357. The molecule has 0 saturated heterocycles. The van der Waals surface area contributed by atoms with Gasteiger partial charge in [0.2, 0.25) is 0 Å². The lowest BCUT2D eigenvalue weighted by Gasteiger charge is -2.24. The molecule has 0 amide bonds. The van der Waals surface area contributed by atoms with E-state index < -0.39 is 0 Å². The van der Waals surface area contributed by atoms with Crippen molar-refractivity contribution in [3.8, 4) is 0 Å². The Morgan fingerprint density at radius 2 is 2.00 bits per heavy atom. The van der Waals surface area contributed by atoms with Crippen LogP contribution in [0.3, 0.4) is 0 Å². The van der Waals surface area contributed by atoms with E-state index in [2.05, 4.69) is 10.00 Å². The van der Waals surface area contributed by atoms with Gasteiger partial charge in [-0.15, -0.1) is 0 Å². The summed E-state index contributed by atoms with van der Waals surface area (Å²) in [6, 6.07) is 8.48. The predicted octanol–water partition coefficient (Wildman–Crippen LogP) is 1.88. The van der Waals surface area contributed by atoms with E-state index in [1.807, 2.05) is 16.9 Å². The second kappa shape index (κ2) is 6.89. The molecule has 0 aliphatic heterocycles. The number of halogens is 1. The molecule has 0 bridgehead atoms. The minimum absolute atomic E-state index is 0.213. The summed E-state index contributed by atoms with van der Waals surface area (Å²) in [6.45, 7) is 3.14. The van der Waals surface area contributed by atoms with E-state index in [4.69, 9.17) is 5.73 Å². The highest BCUT2D eigenvalue weighted by Gasteiger charge is 2.06. The van der Waals surface area contributed by atoms with Crippen LogP contribution in [-0.4, -0.2) is 29.4 Å². The third-order valence-corrected chi connectivity index (χ3v) is 2.98. The van der Waals surface area contributed by atoms with Crippen molar-refractivity contribution in [3.63, 3.8) is 0 Å². The highest BCUT2D eigenvalue weighted by Crippen LogP contribution is 2.15. The Morgan fingerprint density at radius 1 is 1.21 bits per heavy atom. The summed E-state index contributed by atoms with van der Waals surface area (Å²) in [7, 11) is 0. The maximum atomic E-state index is 13.0. The standard InChI is InChI=1S/C14H19FN4/c15-13-3-5-14(6-4-13)18(9-1-7-16)11-12-19-10-2-8-17-19/h2-6,8,10H,1,7,9,11-12,16H2. The summed E-state index contributed by atoms with van der Waals surface area (Å²) in [5, 5.41) is 4.18. The molecule has 0 saturated carbocycles. The van der Waals surface area contributed by atoms with E-state index in [1.165, 1.54) is 12.1 Å². The van der Waals surface area contributed by atoms with E-state index in [9.17, 15) is 4.39 Å². The second-order valence-electron chi connectivity index (χ2n) is 4.37. The molecule has 0 atom stereocenters. The second-order valence-corrected chi connectivity index (χ2v) is 4.37. The van der Waals surface area contributed by atoms with E-state index >= 15 is 0 Å². The molecule has 4 nitrogen and oxygen atoms in total. The lowest BCUT2D eigenvalue weighted by molar-refractivity contribution is 0.588. The van der Waals surface area contributed by atoms with Gasteiger partial charge in [-0.3, -0.25) is 4.68 Å². The molecule has 1 aromatic carbocycles. The zero-order chi connectivity index (χ0) is 13.5. The van der Waals surface area contributed by atoms with Crippen molar-refractivity contribution < 1.29 is 4.39 Å². The summed E-state index contributed by atoms with van der Waals surface area (Å²) < 4.78 is 14.8. The van der Waals surface area contributed by atoms with Crippen LogP contribution in [0, 0.1) is 5.82 Å². The number of hydrogen-bond acceptors (Lipinski definition) is 3. The van der Waals surface area contributed by atoms with Gasteiger partial charge >= 0.3 is 0 Å². The van der Waals surface area contributed by atoms with Crippen LogP contribution in [0.2, 0.25) is 0 Å². The number of benzene rings is 1. The SMILES string of the molecule is NCCCN(CCn1cccn1)c1ccc(F)cc1. The number of nitrogens with two attached hydrogens (primary N) is 1. The maximum Gasteiger partial charge on any atom is 0.123 e. The number of aromatic nitrogens is 2. The monoisotopic (exact) mass is 262 g/mol. The molecule has 2 N–H and O–H groups in total. The maximum absolute atomic E-state index is 13.0. The van der Waals surface area contributed by atoms with Crippen molar-refractivity contribution in [1.82, 2.24) is 9.78 Å². The van der Waals surface area contributed by atoms with Gasteiger partial charge in [0, 0.05) is 31.2 Å². The van der Waals surface area contributed by atoms with E-state index in [1.54, 1.807) is 18.3 Å². The molecule has 0 unspecified atom stereocenters. The molecule has 0 fully saturated rings. The molecule has 5 heteroatoms. The molecule has 19 heavy (non-hydrogen) atoms. The van der Waals surface area contributed by atoms with Gasteiger partial charge in [0.1, 0.15) is 5.82 Å². The molecule has 0 spiro atoms. The largest absolute Gasteiger partial charge is 0.370 e. The number of rotatable bonds is 7. The predicted molar refractivity (Wildman–Crippen MR) is 74.5 cm³/mol. The first kappa shape index (κ1) is 13.5. The van der Waals surface area contributed by atoms with Gasteiger partial charge in [0.05, 0.1) is 6.54 Å². The van der Waals surface area contributed by atoms with Gasteiger partial charge in [0.25, 0.3) is 0 Å². The lowest BCUT2D eigenvalue weighted by atomic mass is 10.2. The topological polar surface area (TPSA) is 47.1 Å². The molecule has 102 valence electrons. The summed E-state index contributed by atoms with van der Waals surface area (Å²) in [6.07, 6.45) is 4.62. The zero-order valence-corrected chi connectivity index (χ0v) is 10.9. The van der Waals surface area contributed by atoms with Gasteiger partial charge in [-0.1, -0.05) is 0 Å². The Hall–Kier alpha value is -1.88. The Kier molecular flexibility index (Phi) is 4.92. The lowest BCUT2D eigenvalue weighted by Crippen LogP contribution is -2.29. The Morgan fingerprint density at radius 3 is 2.63 bits per heavy atom. The fourth-order valence-electron chi connectivity index (χ4n) is 1.96. The smallest absolute Gasteiger partial charge is 0.123 e. The van der Waals surface area contributed by atoms with Crippen LogP contribution in [0.1, 0.15) is 6.42 Å². The number of nitrogens with zero attached hydrogens (tertiary/aromatic N) is 3. The van der Waals surface area contributed by atoms with Crippen LogP contribution in [0.4, 0.5) is 10.1 Å². The molecule has 2 rings (SSSR count). The van der Waals surface area contributed by atoms with Gasteiger partial charge in [0.15, 0.2) is 0 Å². The van der Waals surface area contributed by atoms with Gasteiger partial charge in [-0.2, -0.15) is 5.10 Å². The average molecular weight is 262 g/mol. The van der Waals surface area contributed by atoms with Crippen LogP contribution in [-0.2, 0) is 6.54 Å². The van der Waals surface area contributed by atoms with Crippen LogP contribution in [0.5, 0.6) is 0 Å². The molecular weight excluding hydrogens is 243 g/mol. The Labute approximate surface area is 112 Å². The van der Waals surface area contributed by atoms with Gasteiger partial charge in [-0.05, 0) is 43.3 Å². The molecule has 2 aromatic rings. The third kappa shape index (κ3) is 4.06.